The van der Waals surface area contributed by atoms with Gasteiger partial charge in [0.1, 0.15) is 0 Å². The molecule has 1 saturated heterocycles. The fourth-order valence-electron chi connectivity index (χ4n) is 2.30. The van der Waals surface area contributed by atoms with Crippen LogP contribution in [0.1, 0.15) is 25.3 Å². The Labute approximate surface area is 125 Å². The summed E-state index contributed by atoms with van der Waals surface area (Å²) in [6, 6.07) is 7.71. The van der Waals surface area contributed by atoms with Gasteiger partial charge in [0, 0.05) is 24.8 Å². The first-order chi connectivity index (χ1) is 10.2. The summed E-state index contributed by atoms with van der Waals surface area (Å²) in [4.78, 5) is 23.7. The first-order valence-corrected chi connectivity index (χ1v) is 7.43. The maximum absolute atomic E-state index is 11.9. The highest BCUT2D eigenvalue weighted by Crippen LogP contribution is 2.14. The number of ether oxygens (including phenoxy) is 1. The molecule has 2 N–H and O–H groups in total. The van der Waals surface area contributed by atoms with Crippen LogP contribution in [0.2, 0.25) is 0 Å². The third-order valence-electron chi connectivity index (χ3n) is 3.66. The zero-order valence-electron chi connectivity index (χ0n) is 12.4. The average molecular weight is 290 g/mol. The van der Waals surface area contributed by atoms with Crippen molar-refractivity contribution in [1.82, 2.24) is 5.32 Å². The molecule has 1 aromatic rings. The van der Waals surface area contributed by atoms with Crippen LogP contribution >= 0.6 is 0 Å². The van der Waals surface area contributed by atoms with E-state index in [1.54, 1.807) is 0 Å². The van der Waals surface area contributed by atoms with E-state index in [0.717, 1.165) is 24.9 Å². The molecule has 2 amide bonds. The molecule has 21 heavy (non-hydrogen) atoms. The van der Waals surface area contributed by atoms with Crippen molar-refractivity contribution in [3.05, 3.63) is 29.8 Å². The Balaban J connectivity index is 1.74. The first-order valence-electron chi connectivity index (χ1n) is 7.43. The monoisotopic (exact) mass is 290 g/mol. The predicted molar refractivity (Wildman–Crippen MR) is 81.0 cm³/mol. The molecule has 0 spiro atoms. The van der Waals surface area contributed by atoms with Crippen LogP contribution in [0.15, 0.2) is 24.3 Å². The third kappa shape index (κ3) is 4.86. The van der Waals surface area contributed by atoms with Crippen LogP contribution in [-0.2, 0) is 20.7 Å². The molecular weight excluding hydrogens is 268 g/mol. The Hall–Kier alpha value is -1.88. The highest BCUT2D eigenvalue weighted by atomic mass is 16.5. The maximum Gasteiger partial charge on any atom is 0.243 e. The summed E-state index contributed by atoms with van der Waals surface area (Å²) in [7, 11) is 0. The van der Waals surface area contributed by atoms with Gasteiger partial charge in [-0.15, -0.1) is 0 Å². The van der Waals surface area contributed by atoms with E-state index in [1.165, 1.54) is 5.56 Å². The molecule has 0 unspecified atom stereocenters. The molecule has 1 aromatic carbocycles. The summed E-state index contributed by atoms with van der Waals surface area (Å²) in [5.74, 6) is -0.301. The van der Waals surface area contributed by atoms with Crippen LogP contribution in [0.5, 0.6) is 0 Å². The molecule has 1 aliphatic heterocycles. The Kier molecular flexibility index (Phi) is 5.75. The fourth-order valence-corrected chi connectivity index (χ4v) is 2.30. The molecule has 0 aromatic heterocycles. The van der Waals surface area contributed by atoms with Crippen LogP contribution in [-0.4, -0.2) is 31.6 Å². The van der Waals surface area contributed by atoms with E-state index in [4.69, 9.17) is 4.74 Å². The van der Waals surface area contributed by atoms with Gasteiger partial charge in [0.15, 0.2) is 0 Å². The van der Waals surface area contributed by atoms with Crippen molar-refractivity contribution in [1.29, 1.82) is 0 Å². The van der Waals surface area contributed by atoms with E-state index in [9.17, 15) is 9.59 Å². The molecule has 0 aliphatic carbocycles. The summed E-state index contributed by atoms with van der Waals surface area (Å²) in [6.07, 6.45) is 2.42. The number of hydrogen-bond donors (Lipinski definition) is 2. The molecule has 1 fully saturated rings. The highest BCUT2D eigenvalue weighted by molar-refractivity contribution is 5.94. The Morgan fingerprint density at radius 3 is 2.48 bits per heavy atom. The van der Waals surface area contributed by atoms with Gasteiger partial charge in [-0.1, -0.05) is 19.1 Å². The maximum atomic E-state index is 11.9. The second kappa shape index (κ2) is 7.78. The van der Waals surface area contributed by atoms with Crippen molar-refractivity contribution in [3.63, 3.8) is 0 Å². The second-order valence-corrected chi connectivity index (χ2v) is 5.20. The van der Waals surface area contributed by atoms with Gasteiger partial charge in [0.25, 0.3) is 0 Å². The number of rotatable bonds is 5. The summed E-state index contributed by atoms with van der Waals surface area (Å²) < 4.78 is 5.21. The summed E-state index contributed by atoms with van der Waals surface area (Å²) in [5, 5.41) is 5.46. The quantitative estimate of drug-likeness (QED) is 0.868. The van der Waals surface area contributed by atoms with Gasteiger partial charge in [0.05, 0.1) is 6.54 Å². The van der Waals surface area contributed by atoms with Crippen LogP contribution in [0.25, 0.3) is 0 Å². The lowest BCUT2D eigenvalue weighted by atomic mass is 9.99. The molecule has 2 rings (SSSR count). The lowest BCUT2D eigenvalue weighted by Gasteiger charge is -2.21. The van der Waals surface area contributed by atoms with Gasteiger partial charge in [-0.2, -0.15) is 0 Å². The molecule has 114 valence electrons. The zero-order valence-corrected chi connectivity index (χ0v) is 12.4. The van der Waals surface area contributed by atoms with Crippen LogP contribution in [0, 0.1) is 5.92 Å². The number of anilines is 1. The molecule has 0 bridgehead atoms. The topological polar surface area (TPSA) is 67.4 Å². The largest absolute Gasteiger partial charge is 0.381 e. The Morgan fingerprint density at radius 1 is 1.19 bits per heavy atom. The lowest BCUT2D eigenvalue weighted by Crippen LogP contribution is -2.38. The number of carbonyl (C=O) groups excluding carboxylic acids is 2. The minimum absolute atomic E-state index is 0.00567. The van der Waals surface area contributed by atoms with Crippen molar-refractivity contribution in [3.8, 4) is 0 Å². The summed E-state index contributed by atoms with van der Waals surface area (Å²) in [5.41, 5.74) is 1.97. The van der Waals surface area contributed by atoms with Gasteiger partial charge in [-0.25, -0.2) is 0 Å². The molecule has 1 aliphatic rings. The summed E-state index contributed by atoms with van der Waals surface area (Å²) in [6.45, 7) is 3.33. The van der Waals surface area contributed by atoms with Gasteiger partial charge < -0.3 is 15.4 Å². The minimum Gasteiger partial charge on any atom is -0.381 e. The predicted octanol–water partition coefficient (Wildman–Crippen LogP) is 1.73. The first kappa shape index (κ1) is 15.5. The van der Waals surface area contributed by atoms with E-state index >= 15 is 0 Å². The van der Waals surface area contributed by atoms with Crippen molar-refractivity contribution < 1.29 is 14.3 Å². The van der Waals surface area contributed by atoms with Crippen LogP contribution in [0.4, 0.5) is 5.69 Å². The van der Waals surface area contributed by atoms with E-state index < -0.39 is 0 Å². The smallest absolute Gasteiger partial charge is 0.243 e. The molecule has 0 saturated carbocycles. The number of carbonyl (C=O) groups is 2. The van der Waals surface area contributed by atoms with Crippen LogP contribution in [0.3, 0.4) is 0 Å². The SMILES string of the molecule is CCc1ccc(NC(=O)CNC(=O)C2CCOCC2)cc1. The van der Waals surface area contributed by atoms with Gasteiger partial charge in [-0.3, -0.25) is 9.59 Å². The third-order valence-corrected chi connectivity index (χ3v) is 3.66. The summed E-state index contributed by atoms with van der Waals surface area (Å²) >= 11 is 0. The number of hydrogen-bond acceptors (Lipinski definition) is 3. The molecule has 5 heteroatoms. The highest BCUT2D eigenvalue weighted by Gasteiger charge is 2.21. The fraction of sp³-hybridized carbons (Fsp3) is 0.500. The second-order valence-electron chi connectivity index (χ2n) is 5.20. The molecular formula is C16H22N2O3. The Bertz CT molecular complexity index is 479. The number of amides is 2. The van der Waals surface area contributed by atoms with Crippen molar-refractivity contribution in [2.24, 2.45) is 5.92 Å². The van der Waals surface area contributed by atoms with Gasteiger partial charge in [-0.05, 0) is 37.0 Å². The Morgan fingerprint density at radius 2 is 1.86 bits per heavy atom. The van der Waals surface area contributed by atoms with E-state index in [2.05, 4.69) is 17.6 Å². The van der Waals surface area contributed by atoms with Crippen LogP contribution < -0.4 is 10.6 Å². The lowest BCUT2D eigenvalue weighted by molar-refractivity contribution is -0.129. The molecule has 1 heterocycles. The van der Waals surface area contributed by atoms with E-state index in [-0.39, 0.29) is 24.3 Å². The molecule has 0 radical (unpaired) electrons. The van der Waals surface area contributed by atoms with E-state index in [1.807, 2.05) is 24.3 Å². The minimum atomic E-state index is -0.209. The number of nitrogens with one attached hydrogen (secondary N) is 2. The standard InChI is InChI=1S/C16H22N2O3/c1-2-12-3-5-14(6-4-12)18-15(19)11-17-16(20)13-7-9-21-10-8-13/h3-6,13H,2,7-11H2,1H3,(H,17,20)(H,18,19). The van der Waals surface area contributed by atoms with Gasteiger partial charge >= 0.3 is 0 Å². The van der Waals surface area contributed by atoms with Crippen molar-refractivity contribution in [2.75, 3.05) is 25.1 Å². The zero-order chi connectivity index (χ0) is 15.1. The number of aryl methyl sites for hydroxylation is 1. The molecule has 5 nitrogen and oxygen atoms in total. The molecule has 0 atom stereocenters. The number of benzene rings is 1. The van der Waals surface area contributed by atoms with E-state index in [0.29, 0.717) is 13.2 Å². The average Bonchev–Trinajstić information content (AvgIpc) is 2.54. The van der Waals surface area contributed by atoms with Crippen molar-refractivity contribution >= 4 is 17.5 Å². The normalized spacial score (nSPS) is 15.5. The van der Waals surface area contributed by atoms with Crippen molar-refractivity contribution in [2.45, 2.75) is 26.2 Å². The van der Waals surface area contributed by atoms with Gasteiger partial charge in [0.2, 0.25) is 11.8 Å².